The Morgan fingerprint density at radius 1 is 1.50 bits per heavy atom. The molecule has 0 amide bonds. The molecule has 0 fully saturated rings. The number of benzene rings is 1. The number of rotatable bonds is 3. The van der Waals surface area contributed by atoms with Gasteiger partial charge in [-0.15, -0.1) is 0 Å². The SMILES string of the molecule is CC(C)NC(=S)NCc1cccc(C#N)c1. The fourth-order valence-electron chi connectivity index (χ4n) is 1.25. The van der Waals surface area contributed by atoms with E-state index in [1.807, 2.05) is 32.0 Å². The first-order valence-corrected chi connectivity index (χ1v) is 5.56. The lowest BCUT2D eigenvalue weighted by molar-refractivity contribution is 0.712. The molecule has 0 saturated heterocycles. The van der Waals surface area contributed by atoms with Crippen LogP contribution in [0.25, 0.3) is 0 Å². The largest absolute Gasteiger partial charge is 0.361 e. The molecular formula is C12H15N3S. The summed E-state index contributed by atoms with van der Waals surface area (Å²) in [5.41, 5.74) is 1.72. The second-order valence-corrected chi connectivity index (χ2v) is 4.20. The van der Waals surface area contributed by atoms with Crippen LogP contribution in [0.3, 0.4) is 0 Å². The van der Waals surface area contributed by atoms with E-state index in [2.05, 4.69) is 16.7 Å². The molecule has 84 valence electrons. The molecule has 0 aromatic heterocycles. The quantitative estimate of drug-likeness (QED) is 0.783. The van der Waals surface area contributed by atoms with Crippen molar-refractivity contribution >= 4 is 17.3 Å². The first-order chi connectivity index (χ1) is 7.61. The second kappa shape index (κ2) is 6.09. The van der Waals surface area contributed by atoms with Crippen LogP contribution in [0.1, 0.15) is 25.0 Å². The molecule has 0 spiro atoms. The monoisotopic (exact) mass is 233 g/mol. The number of nitrogens with one attached hydrogen (secondary N) is 2. The van der Waals surface area contributed by atoms with Crippen molar-refractivity contribution in [1.29, 1.82) is 5.26 Å². The van der Waals surface area contributed by atoms with Crippen molar-refractivity contribution in [2.75, 3.05) is 0 Å². The molecule has 4 heteroatoms. The highest BCUT2D eigenvalue weighted by molar-refractivity contribution is 7.80. The number of nitrogens with zero attached hydrogens (tertiary/aromatic N) is 1. The number of hydrogen-bond donors (Lipinski definition) is 2. The molecule has 0 heterocycles. The van der Waals surface area contributed by atoms with Crippen LogP contribution in [0.2, 0.25) is 0 Å². The van der Waals surface area contributed by atoms with Crippen molar-refractivity contribution in [3.05, 3.63) is 35.4 Å². The minimum Gasteiger partial charge on any atom is -0.361 e. The molecule has 0 aliphatic rings. The number of nitriles is 1. The van der Waals surface area contributed by atoms with E-state index in [0.717, 1.165) is 5.56 Å². The maximum Gasteiger partial charge on any atom is 0.166 e. The van der Waals surface area contributed by atoms with Crippen LogP contribution in [0.4, 0.5) is 0 Å². The standard InChI is InChI=1S/C12H15N3S/c1-9(2)15-12(16)14-8-11-5-3-4-10(6-11)7-13/h3-6,9H,8H2,1-2H3,(H2,14,15,16). The summed E-state index contributed by atoms with van der Waals surface area (Å²) in [5, 5.41) is 15.6. The van der Waals surface area contributed by atoms with Gasteiger partial charge in [-0.05, 0) is 43.8 Å². The van der Waals surface area contributed by atoms with Gasteiger partial charge in [0.2, 0.25) is 0 Å². The van der Waals surface area contributed by atoms with Crippen LogP contribution >= 0.6 is 12.2 Å². The molecular weight excluding hydrogens is 218 g/mol. The first-order valence-electron chi connectivity index (χ1n) is 5.15. The fraction of sp³-hybridized carbons (Fsp3) is 0.333. The summed E-state index contributed by atoms with van der Waals surface area (Å²) in [6.07, 6.45) is 0. The fourth-order valence-corrected chi connectivity index (χ4v) is 1.55. The zero-order valence-electron chi connectivity index (χ0n) is 9.45. The molecule has 0 radical (unpaired) electrons. The third kappa shape index (κ3) is 4.28. The molecule has 0 bridgehead atoms. The van der Waals surface area contributed by atoms with Gasteiger partial charge in [0.05, 0.1) is 11.6 Å². The van der Waals surface area contributed by atoms with Crippen LogP contribution in [0.5, 0.6) is 0 Å². The Balaban J connectivity index is 2.49. The van der Waals surface area contributed by atoms with Crippen LogP contribution in [0, 0.1) is 11.3 Å². The summed E-state index contributed by atoms with van der Waals surface area (Å²) in [4.78, 5) is 0. The molecule has 0 saturated carbocycles. The molecule has 0 atom stereocenters. The van der Waals surface area contributed by atoms with Gasteiger partial charge in [-0.3, -0.25) is 0 Å². The van der Waals surface area contributed by atoms with Gasteiger partial charge >= 0.3 is 0 Å². The van der Waals surface area contributed by atoms with E-state index in [1.165, 1.54) is 0 Å². The van der Waals surface area contributed by atoms with Crippen molar-refractivity contribution in [3.63, 3.8) is 0 Å². The van der Waals surface area contributed by atoms with Crippen molar-refractivity contribution in [2.45, 2.75) is 26.4 Å². The van der Waals surface area contributed by atoms with E-state index in [1.54, 1.807) is 6.07 Å². The van der Waals surface area contributed by atoms with E-state index in [4.69, 9.17) is 17.5 Å². The molecule has 1 aromatic rings. The summed E-state index contributed by atoms with van der Waals surface area (Å²) in [6.45, 7) is 4.70. The highest BCUT2D eigenvalue weighted by atomic mass is 32.1. The Labute approximate surface area is 101 Å². The Bertz CT molecular complexity index is 407. The lowest BCUT2D eigenvalue weighted by atomic mass is 10.1. The van der Waals surface area contributed by atoms with E-state index in [-0.39, 0.29) is 0 Å². The zero-order valence-corrected chi connectivity index (χ0v) is 10.3. The van der Waals surface area contributed by atoms with Crippen LogP contribution in [0.15, 0.2) is 24.3 Å². The summed E-state index contributed by atoms with van der Waals surface area (Å²) in [6, 6.07) is 9.91. The van der Waals surface area contributed by atoms with Crippen LogP contribution in [-0.4, -0.2) is 11.2 Å². The lowest BCUT2D eigenvalue weighted by Gasteiger charge is -2.13. The van der Waals surface area contributed by atoms with Crippen molar-refractivity contribution in [3.8, 4) is 6.07 Å². The van der Waals surface area contributed by atoms with E-state index < -0.39 is 0 Å². The van der Waals surface area contributed by atoms with E-state index in [0.29, 0.717) is 23.3 Å². The van der Waals surface area contributed by atoms with Gasteiger partial charge in [-0.1, -0.05) is 12.1 Å². The lowest BCUT2D eigenvalue weighted by Crippen LogP contribution is -2.38. The molecule has 16 heavy (non-hydrogen) atoms. The Hall–Kier alpha value is -1.60. The van der Waals surface area contributed by atoms with Crippen molar-refractivity contribution in [2.24, 2.45) is 0 Å². The smallest absolute Gasteiger partial charge is 0.166 e. The highest BCUT2D eigenvalue weighted by Gasteiger charge is 1.99. The van der Waals surface area contributed by atoms with Gasteiger partial charge < -0.3 is 10.6 Å². The van der Waals surface area contributed by atoms with Crippen molar-refractivity contribution in [1.82, 2.24) is 10.6 Å². The van der Waals surface area contributed by atoms with E-state index >= 15 is 0 Å². The average molecular weight is 233 g/mol. The molecule has 0 aliphatic heterocycles. The first kappa shape index (κ1) is 12.5. The third-order valence-electron chi connectivity index (χ3n) is 1.93. The Morgan fingerprint density at radius 2 is 2.25 bits per heavy atom. The van der Waals surface area contributed by atoms with Gasteiger partial charge in [0.1, 0.15) is 0 Å². The zero-order chi connectivity index (χ0) is 12.0. The summed E-state index contributed by atoms with van der Waals surface area (Å²) in [5.74, 6) is 0. The normalized spacial score (nSPS) is 9.62. The van der Waals surface area contributed by atoms with Crippen LogP contribution < -0.4 is 10.6 Å². The van der Waals surface area contributed by atoms with Crippen molar-refractivity contribution < 1.29 is 0 Å². The summed E-state index contributed by atoms with van der Waals surface area (Å²) in [7, 11) is 0. The topological polar surface area (TPSA) is 47.8 Å². The molecule has 1 rings (SSSR count). The third-order valence-corrected chi connectivity index (χ3v) is 2.19. The van der Waals surface area contributed by atoms with E-state index in [9.17, 15) is 0 Å². The van der Waals surface area contributed by atoms with Gasteiger partial charge in [0, 0.05) is 12.6 Å². The predicted octanol–water partition coefficient (Wildman–Crippen LogP) is 1.93. The molecule has 2 N–H and O–H groups in total. The highest BCUT2D eigenvalue weighted by Crippen LogP contribution is 2.03. The Kier molecular flexibility index (Phi) is 4.74. The van der Waals surface area contributed by atoms with Crippen LogP contribution in [-0.2, 0) is 6.54 Å². The minimum absolute atomic E-state index is 0.324. The minimum atomic E-state index is 0.324. The molecule has 0 unspecified atom stereocenters. The van der Waals surface area contributed by atoms with Gasteiger partial charge in [0.25, 0.3) is 0 Å². The molecule has 0 aliphatic carbocycles. The Morgan fingerprint density at radius 3 is 2.88 bits per heavy atom. The van der Waals surface area contributed by atoms with Gasteiger partial charge in [-0.2, -0.15) is 5.26 Å². The summed E-state index contributed by atoms with van der Waals surface area (Å²) < 4.78 is 0. The predicted molar refractivity (Wildman–Crippen MR) is 68.9 cm³/mol. The number of thiocarbonyl (C=S) groups is 1. The molecule has 3 nitrogen and oxygen atoms in total. The second-order valence-electron chi connectivity index (χ2n) is 3.79. The van der Waals surface area contributed by atoms with Gasteiger partial charge in [-0.25, -0.2) is 0 Å². The van der Waals surface area contributed by atoms with Gasteiger partial charge in [0.15, 0.2) is 5.11 Å². The summed E-state index contributed by atoms with van der Waals surface area (Å²) >= 11 is 5.10. The number of hydrogen-bond acceptors (Lipinski definition) is 2. The maximum absolute atomic E-state index is 8.75. The average Bonchev–Trinajstić information content (AvgIpc) is 2.26. The maximum atomic E-state index is 8.75. The molecule has 1 aromatic carbocycles.